The molecule has 2 heterocycles. The number of amides is 2. The van der Waals surface area contributed by atoms with Gasteiger partial charge >= 0.3 is 0 Å². The molecule has 2 amide bonds. The molecule has 1 aliphatic heterocycles. The number of hydrogen-bond donors (Lipinski definition) is 2. The first-order valence-electron chi connectivity index (χ1n) is 11.4. The minimum absolute atomic E-state index is 0.147. The number of halogens is 1. The van der Waals surface area contributed by atoms with Gasteiger partial charge in [-0.25, -0.2) is 4.98 Å². The maximum absolute atomic E-state index is 13.8. The van der Waals surface area contributed by atoms with Crippen molar-refractivity contribution in [2.24, 2.45) is 0 Å². The lowest BCUT2D eigenvalue weighted by Crippen LogP contribution is -2.65. The highest BCUT2D eigenvalue weighted by molar-refractivity contribution is 6.30. The van der Waals surface area contributed by atoms with Crippen molar-refractivity contribution in [2.45, 2.75) is 38.5 Å². The molecule has 0 radical (unpaired) electrons. The average Bonchev–Trinajstić information content (AvgIpc) is 2.78. The second-order valence-corrected chi connectivity index (χ2v) is 9.06. The van der Waals surface area contributed by atoms with Crippen LogP contribution in [0.2, 0.25) is 5.15 Å². The number of likely N-dealkylation sites (tertiary alicyclic amines) is 1. The van der Waals surface area contributed by atoms with Crippen LogP contribution in [0.25, 0.3) is 0 Å². The van der Waals surface area contributed by atoms with Crippen LogP contribution in [0.5, 0.6) is 0 Å². The van der Waals surface area contributed by atoms with Crippen molar-refractivity contribution in [2.75, 3.05) is 45.2 Å². The van der Waals surface area contributed by atoms with Gasteiger partial charge in [0.25, 0.3) is 5.91 Å². The zero-order valence-electron chi connectivity index (χ0n) is 19.8. The molecule has 1 aromatic carbocycles. The summed E-state index contributed by atoms with van der Waals surface area (Å²) in [5.74, 6) is -0.208. The number of aromatic nitrogens is 1. The van der Waals surface area contributed by atoms with E-state index in [2.05, 4.69) is 40.4 Å². The SMILES string of the molecule is CCOCCCN1CC(C(=O)Nc2cnc(Cl)cc2C(=O)NC)(c2ccccc2C(C)C)C1. The van der Waals surface area contributed by atoms with E-state index >= 15 is 0 Å². The number of hydrogen-bond acceptors (Lipinski definition) is 5. The Balaban J connectivity index is 1.90. The maximum atomic E-state index is 13.8. The summed E-state index contributed by atoms with van der Waals surface area (Å²) < 4.78 is 5.46. The number of ether oxygens (including phenoxy) is 1. The molecule has 2 N–H and O–H groups in total. The molecule has 1 aliphatic rings. The first-order valence-corrected chi connectivity index (χ1v) is 11.8. The fourth-order valence-electron chi connectivity index (χ4n) is 4.38. The predicted octanol–water partition coefficient (Wildman–Crippen LogP) is 3.84. The summed E-state index contributed by atoms with van der Waals surface area (Å²) in [5.41, 5.74) is 2.10. The van der Waals surface area contributed by atoms with E-state index in [-0.39, 0.29) is 28.4 Å². The molecule has 178 valence electrons. The van der Waals surface area contributed by atoms with Gasteiger partial charge < -0.3 is 20.3 Å². The summed E-state index contributed by atoms with van der Waals surface area (Å²) in [6.07, 6.45) is 2.35. The lowest BCUT2D eigenvalue weighted by atomic mass is 9.69. The highest BCUT2D eigenvalue weighted by Crippen LogP contribution is 2.40. The van der Waals surface area contributed by atoms with Crippen LogP contribution in [0, 0.1) is 0 Å². The summed E-state index contributed by atoms with van der Waals surface area (Å²) >= 11 is 6.00. The molecule has 2 aromatic rings. The second-order valence-electron chi connectivity index (χ2n) is 8.67. The fourth-order valence-corrected chi connectivity index (χ4v) is 4.53. The van der Waals surface area contributed by atoms with Crippen molar-refractivity contribution in [1.82, 2.24) is 15.2 Å². The molecule has 3 rings (SSSR count). The predicted molar refractivity (Wildman–Crippen MR) is 131 cm³/mol. The van der Waals surface area contributed by atoms with E-state index in [1.807, 2.05) is 25.1 Å². The Bertz CT molecular complexity index is 989. The summed E-state index contributed by atoms with van der Waals surface area (Å²) in [6, 6.07) is 9.59. The summed E-state index contributed by atoms with van der Waals surface area (Å²) in [7, 11) is 1.54. The van der Waals surface area contributed by atoms with Gasteiger partial charge in [-0.15, -0.1) is 0 Å². The average molecular weight is 473 g/mol. The maximum Gasteiger partial charge on any atom is 0.253 e. The van der Waals surface area contributed by atoms with Crippen LogP contribution in [0.15, 0.2) is 36.5 Å². The summed E-state index contributed by atoms with van der Waals surface area (Å²) in [6.45, 7) is 9.74. The van der Waals surface area contributed by atoms with Crippen molar-refractivity contribution in [3.8, 4) is 0 Å². The van der Waals surface area contributed by atoms with E-state index in [4.69, 9.17) is 16.3 Å². The monoisotopic (exact) mass is 472 g/mol. The Morgan fingerprint density at radius 1 is 1.27 bits per heavy atom. The van der Waals surface area contributed by atoms with Gasteiger partial charge in [0.1, 0.15) is 5.15 Å². The van der Waals surface area contributed by atoms with Crippen molar-refractivity contribution in [3.05, 3.63) is 58.4 Å². The van der Waals surface area contributed by atoms with Gasteiger partial charge in [0.15, 0.2) is 0 Å². The Kier molecular flexibility index (Phi) is 8.46. The Hall–Kier alpha value is -2.48. The number of benzene rings is 1. The van der Waals surface area contributed by atoms with E-state index in [1.165, 1.54) is 19.3 Å². The van der Waals surface area contributed by atoms with Crippen molar-refractivity contribution < 1.29 is 14.3 Å². The smallest absolute Gasteiger partial charge is 0.253 e. The minimum atomic E-state index is -0.716. The van der Waals surface area contributed by atoms with Crippen LogP contribution in [0.4, 0.5) is 5.69 Å². The lowest BCUT2D eigenvalue weighted by Gasteiger charge is -2.50. The Morgan fingerprint density at radius 3 is 2.67 bits per heavy atom. The van der Waals surface area contributed by atoms with Gasteiger partial charge in [-0.3, -0.25) is 9.59 Å². The number of anilines is 1. The first-order chi connectivity index (χ1) is 15.8. The summed E-state index contributed by atoms with van der Waals surface area (Å²) in [4.78, 5) is 32.5. The van der Waals surface area contributed by atoms with Gasteiger partial charge in [-0.1, -0.05) is 49.7 Å². The molecule has 0 spiro atoms. The van der Waals surface area contributed by atoms with Crippen molar-refractivity contribution >= 4 is 29.1 Å². The second kappa shape index (κ2) is 11.1. The number of nitrogens with zero attached hydrogens (tertiary/aromatic N) is 2. The third-order valence-corrected chi connectivity index (χ3v) is 6.28. The molecule has 33 heavy (non-hydrogen) atoms. The number of rotatable bonds is 10. The molecule has 0 atom stereocenters. The van der Waals surface area contributed by atoms with E-state index < -0.39 is 5.41 Å². The zero-order chi connectivity index (χ0) is 24.0. The minimum Gasteiger partial charge on any atom is -0.382 e. The molecular weight excluding hydrogens is 440 g/mol. The van der Waals surface area contributed by atoms with E-state index in [0.29, 0.717) is 32.0 Å². The number of carbonyl (C=O) groups excluding carboxylic acids is 2. The van der Waals surface area contributed by atoms with E-state index in [0.717, 1.165) is 24.1 Å². The van der Waals surface area contributed by atoms with Crippen LogP contribution in [-0.4, -0.2) is 61.6 Å². The molecule has 8 heteroatoms. The van der Waals surface area contributed by atoms with Crippen LogP contribution >= 0.6 is 11.6 Å². The standard InChI is InChI=1S/C25H33ClN4O3/c1-5-33-12-8-11-30-15-25(16-30,20-10-7-6-9-18(20)17(2)3)24(32)29-21-14-28-22(26)13-19(21)23(31)27-4/h6-7,9-10,13-14,17H,5,8,11-12,15-16H2,1-4H3,(H,27,31)(H,29,32). The Labute approximate surface area is 200 Å². The topological polar surface area (TPSA) is 83.6 Å². The molecule has 0 saturated carbocycles. The number of carbonyl (C=O) groups is 2. The van der Waals surface area contributed by atoms with Gasteiger partial charge in [0.05, 0.1) is 22.9 Å². The normalized spacial score (nSPS) is 15.2. The highest BCUT2D eigenvalue weighted by atomic mass is 35.5. The number of nitrogens with one attached hydrogen (secondary N) is 2. The van der Waals surface area contributed by atoms with Gasteiger partial charge in [-0.2, -0.15) is 0 Å². The molecule has 0 unspecified atom stereocenters. The van der Waals surface area contributed by atoms with Crippen molar-refractivity contribution in [1.29, 1.82) is 0 Å². The van der Waals surface area contributed by atoms with E-state index in [1.54, 1.807) is 0 Å². The molecule has 1 fully saturated rings. The summed E-state index contributed by atoms with van der Waals surface area (Å²) in [5, 5.41) is 5.76. The third-order valence-electron chi connectivity index (χ3n) is 6.08. The van der Waals surface area contributed by atoms with Gasteiger partial charge in [0.2, 0.25) is 5.91 Å². The van der Waals surface area contributed by atoms with Crippen LogP contribution in [0.1, 0.15) is 54.6 Å². The molecule has 7 nitrogen and oxygen atoms in total. The van der Waals surface area contributed by atoms with Crippen LogP contribution in [0.3, 0.4) is 0 Å². The quantitative estimate of drug-likeness (QED) is 0.405. The Morgan fingerprint density at radius 2 is 2.00 bits per heavy atom. The largest absolute Gasteiger partial charge is 0.382 e. The van der Waals surface area contributed by atoms with Crippen LogP contribution in [-0.2, 0) is 14.9 Å². The fraction of sp³-hybridized carbons (Fsp3) is 0.480. The van der Waals surface area contributed by atoms with Crippen molar-refractivity contribution in [3.63, 3.8) is 0 Å². The molecular formula is C25H33ClN4O3. The third kappa shape index (κ3) is 5.54. The van der Waals surface area contributed by atoms with Crippen LogP contribution < -0.4 is 10.6 Å². The van der Waals surface area contributed by atoms with E-state index in [9.17, 15) is 9.59 Å². The number of pyridine rings is 1. The highest BCUT2D eigenvalue weighted by Gasteiger charge is 2.51. The lowest BCUT2D eigenvalue weighted by molar-refractivity contribution is -0.128. The molecule has 0 aliphatic carbocycles. The molecule has 1 aromatic heterocycles. The zero-order valence-corrected chi connectivity index (χ0v) is 20.5. The first kappa shape index (κ1) is 25.1. The van der Waals surface area contributed by atoms with Gasteiger partial charge in [-0.05, 0) is 36.5 Å². The molecule has 0 bridgehead atoms. The molecule has 1 saturated heterocycles. The van der Waals surface area contributed by atoms with Gasteiger partial charge in [0, 0.05) is 39.9 Å².